The van der Waals surface area contributed by atoms with Crippen molar-refractivity contribution in [1.29, 1.82) is 0 Å². The molecule has 0 aliphatic carbocycles. The molecule has 1 aromatic carbocycles. The second-order valence-corrected chi connectivity index (χ2v) is 5.70. The van der Waals surface area contributed by atoms with Gasteiger partial charge in [-0.3, -0.25) is 4.79 Å². The Morgan fingerprint density at radius 3 is 2.65 bits per heavy atom. The molecule has 1 saturated heterocycles. The first-order chi connectivity index (χ1) is 9.56. The standard InChI is InChI=1S/C16H24N2O2/c1-12(2)18(11-13-5-7-14(17)8-6-13)16(19)10-15-4-3-9-20-15/h5-8,12,15H,3-4,9-11,17H2,1-2H3. The predicted molar refractivity (Wildman–Crippen MR) is 80.1 cm³/mol. The van der Waals surface area contributed by atoms with Gasteiger partial charge in [0.25, 0.3) is 0 Å². The van der Waals surface area contributed by atoms with E-state index in [-0.39, 0.29) is 18.1 Å². The lowest BCUT2D eigenvalue weighted by Gasteiger charge is -2.28. The van der Waals surface area contributed by atoms with Crippen molar-refractivity contribution in [2.24, 2.45) is 0 Å². The van der Waals surface area contributed by atoms with E-state index in [1.54, 1.807) is 0 Å². The lowest BCUT2D eigenvalue weighted by atomic mass is 10.1. The summed E-state index contributed by atoms with van der Waals surface area (Å²) >= 11 is 0. The SMILES string of the molecule is CC(C)N(Cc1ccc(N)cc1)C(=O)CC1CCCO1. The van der Waals surface area contributed by atoms with E-state index in [0.29, 0.717) is 13.0 Å². The molecule has 1 atom stereocenters. The smallest absolute Gasteiger partial charge is 0.225 e. The Morgan fingerprint density at radius 2 is 2.10 bits per heavy atom. The second kappa shape index (κ2) is 6.75. The first kappa shape index (κ1) is 14.9. The van der Waals surface area contributed by atoms with Gasteiger partial charge < -0.3 is 15.4 Å². The highest BCUT2D eigenvalue weighted by molar-refractivity contribution is 5.77. The van der Waals surface area contributed by atoms with E-state index in [1.165, 1.54) is 0 Å². The van der Waals surface area contributed by atoms with Crippen molar-refractivity contribution >= 4 is 11.6 Å². The Balaban J connectivity index is 1.98. The molecular formula is C16H24N2O2. The van der Waals surface area contributed by atoms with Gasteiger partial charge in [-0.2, -0.15) is 0 Å². The fraction of sp³-hybridized carbons (Fsp3) is 0.562. The van der Waals surface area contributed by atoms with Crippen LogP contribution in [-0.4, -0.2) is 29.6 Å². The van der Waals surface area contributed by atoms with Crippen LogP contribution < -0.4 is 5.73 Å². The van der Waals surface area contributed by atoms with Gasteiger partial charge in [0.15, 0.2) is 0 Å². The van der Waals surface area contributed by atoms with Crippen LogP contribution in [-0.2, 0) is 16.1 Å². The average molecular weight is 276 g/mol. The van der Waals surface area contributed by atoms with Crippen LogP contribution in [0.2, 0.25) is 0 Å². The number of amides is 1. The molecule has 0 radical (unpaired) electrons. The van der Waals surface area contributed by atoms with Crippen LogP contribution in [0.25, 0.3) is 0 Å². The number of nitrogen functional groups attached to an aromatic ring is 1. The monoisotopic (exact) mass is 276 g/mol. The van der Waals surface area contributed by atoms with Crippen molar-refractivity contribution in [3.63, 3.8) is 0 Å². The van der Waals surface area contributed by atoms with E-state index in [1.807, 2.05) is 43.0 Å². The van der Waals surface area contributed by atoms with E-state index in [4.69, 9.17) is 10.5 Å². The maximum atomic E-state index is 12.4. The highest BCUT2D eigenvalue weighted by Gasteiger charge is 2.24. The van der Waals surface area contributed by atoms with Crippen molar-refractivity contribution in [2.75, 3.05) is 12.3 Å². The Labute approximate surface area is 120 Å². The van der Waals surface area contributed by atoms with Crippen LogP contribution in [0, 0.1) is 0 Å². The molecule has 4 nitrogen and oxygen atoms in total. The largest absolute Gasteiger partial charge is 0.399 e. The summed E-state index contributed by atoms with van der Waals surface area (Å²) in [7, 11) is 0. The fourth-order valence-electron chi connectivity index (χ4n) is 2.50. The van der Waals surface area contributed by atoms with Gasteiger partial charge in [0.1, 0.15) is 0 Å². The molecule has 0 spiro atoms. The van der Waals surface area contributed by atoms with Crippen LogP contribution in [0.1, 0.15) is 38.7 Å². The highest BCUT2D eigenvalue weighted by atomic mass is 16.5. The molecule has 4 heteroatoms. The highest BCUT2D eigenvalue weighted by Crippen LogP contribution is 2.19. The van der Waals surface area contributed by atoms with Crippen molar-refractivity contribution in [3.8, 4) is 0 Å². The number of ether oxygens (including phenoxy) is 1. The van der Waals surface area contributed by atoms with Gasteiger partial charge in [0, 0.05) is 24.9 Å². The maximum absolute atomic E-state index is 12.4. The number of nitrogens with two attached hydrogens (primary N) is 1. The summed E-state index contributed by atoms with van der Waals surface area (Å²) in [5, 5.41) is 0. The van der Waals surface area contributed by atoms with Gasteiger partial charge in [0.2, 0.25) is 5.91 Å². The predicted octanol–water partition coefficient (Wildman–Crippen LogP) is 2.57. The summed E-state index contributed by atoms with van der Waals surface area (Å²) in [5.41, 5.74) is 7.54. The summed E-state index contributed by atoms with van der Waals surface area (Å²) in [5.74, 6) is 0.170. The van der Waals surface area contributed by atoms with Crippen molar-refractivity contribution in [1.82, 2.24) is 4.90 Å². The molecule has 1 aliphatic heterocycles. The molecule has 2 N–H and O–H groups in total. The minimum absolute atomic E-state index is 0.107. The zero-order valence-electron chi connectivity index (χ0n) is 12.3. The van der Waals surface area contributed by atoms with Gasteiger partial charge in [-0.15, -0.1) is 0 Å². The summed E-state index contributed by atoms with van der Waals surface area (Å²) in [6.07, 6.45) is 2.67. The molecule has 1 fully saturated rings. The third kappa shape index (κ3) is 3.97. The van der Waals surface area contributed by atoms with Gasteiger partial charge >= 0.3 is 0 Å². The number of benzene rings is 1. The number of nitrogens with zero attached hydrogens (tertiary/aromatic N) is 1. The fourth-order valence-corrected chi connectivity index (χ4v) is 2.50. The first-order valence-corrected chi connectivity index (χ1v) is 7.31. The minimum Gasteiger partial charge on any atom is -0.399 e. The summed E-state index contributed by atoms with van der Waals surface area (Å²) in [6.45, 7) is 5.51. The molecule has 110 valence electrons. The van der Waals surface area contributed by atoms with Crippen LogP contribution >= 0.6 is 0 Å². The van der Waals surface area contributed by atoms with E-state index in [9.17, 15) is 4.79 Å². The van der Waals surface area contributed by atoms with Crippen LogP contribution in [0.15, 0.2) is 24.3 Å². The molecular weight excluding hydrogens is 252 g/mol. The zero-order chi connectivity index (χ0) is 14.5. The first-order valence-electron chi connectivity index (χ1n) is 7.31. The molecule has 1 aliphatic rings. The lowest BCUT2D eigenvalue weighted by Crippen LogP contribution is -2.38. The molecule has 1 amide bonds. The summed E-state index contributed by atoms with van der Waals surface area (Å²) in [4.78, 5) is 14.3. The van der Waals surface area contributed by atoms with E-state index in [0.717, 1.165) is 30.7 Å². The molecule has 20 heavy (non-hydrogen) atoms. The number of carbonyl (C=O) groups excluding carboxylic acids is 1. The van der Waals surface area contributed by atoms with E-state index in [2.05, 4.69) is 0 Å². The van der Waals surface area contributed by atoms with Crippen molar-refractivity contribution in [3.05, 3.63) is 29.8 Å². The van der Waals surface area contributed by atoms with Gasteiger partial charge in [-0.25, -0.2) is 0 Å². The Hall–Kier alpha value is -1.55. The van der Waals surface area contributed by atoms with Crippen LogP contribution in [0.3, 0.4) is 0 Å². The van der Waals surface area contributed by atoms with Gasteiger partial charge in [-0.1, -0.05) is 12.1 Å². The Kier molecular flexibility index (Phi) is 5.01. The van der Waals surface area contributed by atoms with Crippen molar-refractivity contribution < 1.29 is 9.53 Å². The van der Waals surface area contributed by atoms with E-state index < -0.39 is 0 Å². The quantitative estimate of drug-likeness (QED) is 0.841. The molecule has 1 aromatic rings. The molecule has 2 rings (SSSR count). The summed E-state index contributed by atoms with van der Waals surface area (Å²) < 4.78 is 5.56. The molecule has 0 saturated carbocycles. The summed E-state index contributed by atoms with van der Waals surface area (Å²) in [6, 6.07) is 7.88. The number of anilines is 1. The average Bonchev–Trinajstić information content (AvgIpc) is 2.90. The number of carbonyl (C=O) groups is 1. The van der Waals surface area contributed by atoms with E-state index >= 15 is 0 Å². The number of hydrogen-bond acceptors (Lipinski definition) is 3. The molecule has 1 heterocycles. The maximum Gasteiger partial charge on any atom is 0.225 e. The molecule has 0 aromatic heterocycles. The van der Waals surface area contributed by atoms with Gasteiger partial charge in [0.05, 0.1) is 12.5 Å². The number of rotatable bonds is 5. The second-order valence-electron chi connectivity index (χ2n) is 5.70. The van der Waals surface area contributed by atoms with Crippen LogP contribution in [0.5, 0.6) is 0 Å². The van der Waals surface area contributed by atoms with Crippen molar-refractivity contribution in [2.45, 2.75) is 51.8 Å². The number of hydrogen-bond donors (Lipinski definition) is 1. The lowest BCUT2D eigenvalue weighted by molar-refractivity contribution is -0.135. The molecule has 0 bridgehead atoms. The Morgan fingerprint density at radius 1 is 1.40 bits per heavy atom. The minimum atomic E-state index is 0.107. The third-order valence-corrected chi connectivity index (χ3v) is 3.70. The van der Waals surface area contributed by atoms with Crippen LogP contribution in [0.4, 0.5) is 5.69 Å². The molecule has 1 unspecified atom stereocenters. The Bertz CT molecular complexity index is 436. The zero-order valence-corrected chi connectivity index (χ0v) is 12.3. The van der Waals surface area contributed by atoms with Gasteiger partial charge in [-0.05, 0) is 44.4 Å². The topological polar surface area (TPSA) is 55.6 Å². The third-order valence-electron chi connectivity index (χ3n) is 3.70. The normalized spacial score (nSPS) is 18.4.